The van der Waals surface area contributed by atoms with Gasteiger partial charge in [0.15, 0.2) is 6.23 Å². The Kier molecular flexibility index (Phi) is 12.4. The largest absolute Gasteiger partial charge is 0.465 e. The number of nitrogen functional groups attached to an aromatic ring is 1. The van der Waals surface area contributed by atoms with E-state index in [0.29, 0.717) is 11.4 Å². The number of esters is 1. The number of carbonyl (C=O) groups is 1. The molecule has 3 rings (SSSR count). The van der Waals surface area contributed by atoms with Crippen molar-refractivity contribution in [3.8, 4) is 5.75 Å². The number of nitrogens with one attached hydrogen (secondary N) is 1. The summed E-state index contributed by atoms with van der Waals surface area (Å²) in [4.78, 5) is 28.6. The molecule has 234 valence electrons. The van der Waals surface area contributed by atoms with E-state index in [-0.39, 0.29) is 18.2 Å². The standard InChI is InChI=1S/C27H40ClN4O9P/c1-4-5-6-7-8-9-16-38-24(34)18(2)31-42(37,41-20-12-10-19(28)11-13-20)39-17-21-23(33)27(3,36)25(40-21)32-15-14-22(29)30-26(32)35/h10-15,18,21,23,25,33,36H,4-9,16-17H2,1-3H3,(H,31,37)(H2,29,30,35)/t18-,21+,23+,25?,27+,42?/m0/s1. The van der Waals surface area contributed by atoms with Crippen molar-refractivity contribution < 1.29 is 38.1 Å². The second kappa shape index (κ2) is 15.3. The summed E-state index contributed by atoms with van der Waals surface area (Å²) < 4.78 is 37.1. The highest BCUT2D eigenvalue weighted by Gasteiger charge is 2.54. The van der Waals surface area contributed by atoms with Gasteiger partial charge in [0.25, 0.3) is 0 Å². The molecule has 0 saturated carbocycles. The highest BCUT2D eigenvalue weighted by Crippen LogP contribution is 2.47. The van der Waals surface area contributed by atoms with Gasteiger partial charge >= 0.3 is 19.4 Å². The zero-order valence-corrected chi connectivity index (χ0v) is 25.6. The zero-order chi connectivity index (χ0) is 30.9. The quantitative estimate of drug-likeness (QED) is 0.120. The molecule has 2 unspecified atom stereocenters. The molecule has 1 aromatic heterocycles. The van der Waals surface area contributed by atoms with Crippen LogP contribution >= 0.6 is 19.3 Å². The lowest BCUT2D eigenvalue weighted by Crippen LogP contribution is -2.46. The van der Waals surface area contributed by atoms with E-state index in [1.807, 2.05) is 0 Å². The van der Waals surface area contributed by atoms with Gasteiger partial charge in [-0.15, -0.1) is 0 Å². The Hall–Kier alpha value is -2.51. The Morgan fingerprint density at radius 1 is 1.24 bits per heavy atom. The smallest absolute Gasteiger partial charge is 0.459 e. The van der Waals surface area contributed by atoms with E-state index in [9.17, 15) is 24.4 Å². The highest BCUT2D eigenvalue weighted by atomic mass is 35.5. The van der Waals surface area contributed by atoms with E-state index in [1.165, 1.54) is 56.8 Å². The van der Waals surface area contributed by atoms with Crippen LogP contribution in [0.2, 0.25) is 5.02 Å². The first-order chi connectivity index (χ1) is 19.9. The van der Waals surface area contributed by atoms with Crippen molar-refractivity contribution in [2.75, 3.05) is 18.9 Å². The number of hydrogen-bond donors (Lipinski definition) is 4. The number of nitrogens with zero attached hydrogens (tertiary/aromatic N) is 2. The van der Waals surface area contributed by atoms with Gasteiger partial charge in [0.05, 0.1) is 13.2 Å². The monoisotopic (exact) mass is 630 g/mol. The number of carbonyl (C=O) groups excluding carboxylic acids is 1. The molecule has 6 atom stereocenters. The normalized spacial score (nSPS) is 24.2. The van der Waals surface area contributed by atoms with Crippen molar-refractivity contribution in [3.05, 3.63) is 52.0 Å². The molecule has 1 aliphatic heterocycles. The van der Waals surface area contributed by atoms with Crippen LogP contribution in [0.5, 0.6) is 5.75 Å². The van der Waals surface area contributed by atoms with Crippen LogP contribution in [0.3, 0.4) is 0 Å². The van der Waals surface area contributed by atoms with Gasteiger partial charge in [0.1, 0.15) is 35.4 Å². The maximum absolute atomic E-state index is 13.9. The summed E-state index contributed by atoms with van der Waals surface area (Å²) in [6.45, 7) is 4.53. The Morgan fingerprint density at radius 3 is 2.57 bits per heavy atom. The maximum atomic E-state index is 13.9. The molecule has 0 aliphatic carbocycles. The first kappa shape index (κ1) is 34.0. The van der Waals surface area contributed by atoms with Gasteiger partial charge in [-0.3, -0.25) is 13.9 Å². The molecule has 15 heteroatoms. The topological polar surface area (TPSA) is 184 Å². The number of anilines is 1. The number of unbranched alkanes of at least 4 members (excludes halogenated alkanes) is 5. The van der Waals surface area contributed by atoms with Crippen LogP contribution < -0.4 is 21.0 Å². The van der Waals surface area contributed by atoms with Crippen LogP contribution in [-0.2, 0) is 23.4 Å². The second-order valence-electron chi connectivity index (χ2n) is 10.4. The average molecular weight is 631 g/mol. The number of benzene rings is 1. The van der Waals surface area contributed by atoms with Crippen LogP contribution in [0.15, 0.2) is 41.3 Å². The van der Waals surface area contributed by atoms with Gasteiger partial charge in [0, 0.05) is 11.2 Å². The lowest BCUT2D eigenvalue weighted by molar-refractivity contribution is -0.145. The lowest BCUT2D eigenvalue weighted by Gasteiger charge is -2.27. The third kappa shape index (κ3) is 9.24. The number of hydrogen-bond acceptors (Lipinski definition) is 11. The number of ether oxygens (including phenoxy) is 2. The van der Waals surface area contributed by atoms with Crippen molar-refractivity contribution in [3.63, 3.8) is 0 Å². The minimum atomic E-state index is -4.32. The summed E-state index contributed by atoms with van der Waals surface area (Å²) in [6.07, 6.45) is 3.23. The number of rotatable bonds is 16. The number of aliphatic hydroxyl groups is 2. The SMILES string of the molecule is CCCCCCCCOC(=O)[C@H](C)NP(=O)(OC[C@H]1OC(n2ccc(N)nc2=O)[C@](C)(O)[C@@H]1O)Oc1ccc(Cl)cc1. The summed E-state index contributed by atoms with van der Waals surface area (Å²) in [5.74, 6) is -0.553. The fourth-order valence-corrected chi connectivity index (χ4v) is 5.98. The fourth-order valence-electron chi connectivity index (χ4n) is 4.35. The highest BCUT2D eigenvalue weighted by molar-refractivity contribution is 7.52. The molecule has 2 heterocycles. The number of halogens is 1. The van der Waals surface area contributed by atoms with Crippen LogP contribution in [0.25, 0.3) is 0 Å². The Morgan fingerprint density at radius 2 is 1.90 bits per heavy atom. The van der Waals surface area contributed by atoms with Crippen molar-refractivity contribution in [1.82, 2.24) is 14.6 Å². The fraction of sp³-hybridized carbons (Fsp3) is 0.593. The lowest BCUT2D eigenvalue weighted by atomic mass is 9.96. The van der Waals surface area contributed by atoms with Crippen LogP contribution in [0.4, 0.5) is 5.82 Å². The van der Waals surface area contributed by atoms with E-state index in [4.69, 9.17) is 35.9 Å². The molecule has 2 aromatic rings. The van der Waals surface area contributed by atoms with E-state index < -0.39 is 56.1 Å². The Bertz CT molecular complexity index is 1280. The molecule has 1 aliphatic rings. The molecule has 1 aromatic carbocycles. The van der Waals surface area contributed by atoms with E-state index in [2.05, 4.69) is 17.0 Å². The first-order valence-corrected chi connectivity index (χ1v) is 15.8. The van der Waals surface area contributed by atoms with Crippen LogP contribution in [0.1, 0.15) is 65.5 Å². The van der Waals surface area contributed by atoms with Crippen molar-refractivity contribution in [2.45, 2.75) is 89.4 Å². The summed E-state index contributed by atoms with van der Waals surface area (Å²) >= 11 is 5.94. The van der Waals surface area contributed by atoms with E-state index in [1.54, 1.807) is 0 Å². The summed E-state index contributed by atoms with van der Waals surface area (Å²) in [5.41, 5.74) is 2.78. The second-order valence-corrected chi connectivity index (χ2v) is 12.5. The van der Waals surface area contributed by atoms with Crippen LogP contribution in [-0.4, -0.2) is 62.8 Å². The molecule has 1 fully saturated rings. The molecule has 0 spiro atoms. The third-order valence-corrected chi connectivity index (χ3v) is 8.65. The van der Waals surface area contributed by atoms with Crippen molar-refractivity contribution in [1.29, 1.82) is 0 Å². The van der Waals surface area contributed by atoms with Crippen LogP contribution in [0, 0.1) is 0 Å². The average Bonchev–Trinajstić information content (AvgIpc) is 3.16. The molecule has 1 saturated heterocycles. The zero-order valence-electron chi connectivity index (χ0n) is 24.0. The molecule has 0 bridgehead atoms. The van der Waals surface area contributed by atoms with Gasteiger partial charge in [-0.05, 0) is 50.6 Å². The molecule has 42 heavy (non-hydrogen) atoms. The van der Waals surface area contributed by atoms with Gasteiger partial charge in [-0.2, -0.15) is 10.1 Å². The van der Waals surface area contributed by atoms with E-state index in [0.717, 1.165) is 30.3 Å². The van der Waals surface area contributed by atoms with Gasteiger partial charge in [0.2, 0.25) is 0 Å². The molecular weight excluding hydrogens is 591 g/mol. The minimum Gasteiger partial charge on any atom is -0.465 e. The predicted molar refractivity (Wildman–Crippen MR) is 156 cm³/mol. The minimum absolute atomic E-state index is 0.0275. The molecule has 13 nitrogen and oxygen atoms in total. The summed E-state index contributed by atoms with van der Waals surface area (Å²) in [7, 11) is -4.32. The van der Waals surface area contributed by atoms with Crippen molar-refractivity contribution in [2.24, 2.45) is 0 Å². The molecule has 0 radical (unpaired) electrons. The van der Waals surface area contributed by atoms with Gasteiger partial charge in [-0.25, -0.2) is 9.36 Å². The number of aromatic nitrogens is 2. The molecule has 0 amide bonds. The number of aliphatic hydroxyl groups excluding tert-OH is 1. The predicted octanol–water partition coefficient (Wildman–Crippen LogP) is 3.57. The van der Waals surface area contributed by atoms with Crippen molar-refractivity contribution >= 4 is 31.1 Å². The maximum Gasteiger partial charge on any atom is 0.459 e. The molecule has 5 N–H and O–H groups in total. The Labute approximate surface area is 249 Å². The molecular formula is C27H40ClN4O9P. The summed E-state index contributed by atoms with van der Waals surface area (Å²) in [6, 6.07) is 6.20. The number of nitrogens with two attached hydrogens (primary N) is 1. The third-order valence-electron chi connectivity index (χ3n) is 6.75. The summed E-state index contributed by atoms with van der Waals surface area (Å²) in [5, 5.41) is 24.8. The van der Waals surface area contributed by atoms with Gasteiger partial charge < -0.3 is 29.9 Å². The van der Waals surface area contributed by atoms with E-state index >= 15 is 0 Å². The first-order valence-electron chi connectivity index (χ1n) is 13.9. The Balaban J connectivity index is 1.68. The van der Waals surface area contributed by atoms with Gasteiger partial charge in [-0.1, -0.05) is 50.6 Å².